The third-order valence-electron chi connectivity index (χ3n) is 3.63. The van der Waals surface area contributed by atoms with Gasteiger partial charge in [-0.15, -0.1) is 0 Å². The summed E-state index contributed by atoms with van der Waals surface area (Å²) < 4.78 is 1.98. The minimum absolute atomic E-state index is 0.0322. The number of urea groups is 1. The van der Waals surface area contributed by atoms with Gasteiger partial charge in [0.05, 0.1) is 54.9 Å². The average molecular weight is 303 g/mol. The Kier molecular flexibility index (Phi) is 9.62. The van der Waals surface area contributed by atoms with Crippen molar-refractivity contribution in [3.05, 3.63) is 0 Å². The molecule has 126 valence electrons. The number of nitrogens with one attached hydrogen (secondary N) is 2. The van der Waals surface area contributed by atoms with Crippen molar-refractivity contribution in [3.63, 3.8) is 0 Å². The van der Waals surface area contributed by atoms with Crippen LogP contribution >= 0.6 is 0 Å². The van der Waals surface area contributed by atoms with Crippen LogP contribution in [0.4, 0.5) is 4.79 Å². The molecule has 0 rings (SSSR count). The van der Waals surface area contributed by atoms with Gasteiger partial charge in [-0.2, -0.15) is 0 Å². The highest BCUT2D eigenvalue weighted by atomic mass is 16.2. The minimum atomic E-state index is -0.0322. The quantitative estimate of drug-likeness (QED) is 0.442. The zero-order chi connectivity index (χ0) is 16.4. The van der Waals surface area contributed by atoms with Crippen molar-refractivity contribution in [2.24, 2.45) is 0 Å². The van der Waals surface area contributed by atoms with Gasteiger partial charge in [-0.1, -0.05) is 13.3 Å². The van der Waals surface area contributed by atoms with Gasteiger partial charge in [0.15, 0.2) is 0 Å². The molecular formula is C16H38N4O+2. The van der Waals surface area contributed by atoms with Gasteiger partial charge in [0, 0.05) is 25.9 Å². The van der Waals surface area contributed by atoms with E-state index in [-0.39, 0.29) is 6.03 Å². The topological polar surface area (TPSA) is 41.1 Å². The Balaban J connectivity index is 3.58. The first-order valence-electron chi connectivity index (χ1n) is 8.30. The Morgan fingerprint density at radius 3 is 1.76 bits per heavy atom. The van der Waals surface area contributed by atoms with Gasteiger partial charge < -0.3 is 19.6 Å². The molecule has 0 atom stereocenters. The maximum Gasteiger partial charge on any atom is 0.314 e. The minimum Gasteiger partial charge on any atom is -0.338 e. The normalized spacial score (nSPS) is 12.3. The molecule has 0 bridgehead atoms. The number of hydrogen-bond donors (Lipinski definition) is 2. The smallest absolute Gasteiger partial charge is 0.314 e. The monoisotopic (exact) mass is 302 g/mol. The second kappa shape index (κ2) is 10.0. The molecule has 2 N–H and O–H groups in total. The van der Waals surface area contributed by atoms with Crippen LogP contribution in [0, 0.1) is 0 Å². The molecule has 0 heterocycles. The van der Waals surface area contributed by atoms with Crippen LogP contribution in [0.25, 0.3) is 0 Å². The fourth-order valence-corrected chi connectivity index (χ4v) is 2.22. The van der Waals surface area contributed by atoms with Gasteiger partial charge in [-0.05, 0) is 6.42 Å². The summed E-state index contributed by atoms with van der Waals surface area (Å²) in [6.45, 7) is 7.14. The van der Waals surface area contributed by atoms with Crippen LogP contribution in [0.5, 0.6) is 0 Å². The van der Waals surface area contributed by atoms with Crippen LogP contribution in [-0.2, 0) is 0 Å². The summed E-state index contributed by atoms with van der Waals surface area (Å²) in [4.78, 5) is 11.6. The Morgan fingerprint density at radius 1 is 0.810 bits per heavy atom. The molecule has 0 saturated carbocycles. The molecule has 0 unspecified atom stereocenters. The molecule has 0 radical (unpaired) electrons. The maximum absolute atomic E-state index is 11.6. The van der Waals surface area contributed by atoms with E-state index in [0.717, 1.165) is 48.0 Å². The second-order valence-corrected chi connectivity index (χ2v) is 7.64. The third kappa shape index (κ3) is 13.9. The molecule has 0 aliphatic heterocycles. The highest BCUT2D eigenvalue weighted by Crippen LogP contribution is 2.02. The molecule has 0 aliphatic rings. The molecule has 5 heteroatoms. The average Bonchev–Trinajstić information content (AvgIpc) is 2.36. The summed E-state index contributed by atoms with van der Waals surface area (Å²) >= 11 is 0. The van der Waals surface area contributed by atoms with Crippen LogP contribution in [-0.4, -0.2) is 83.0 Å². The lowest BCUT2D eigenvalue weighted by atomic mass is 10.2. The van der Waals surface area contributed by atoms with Gasteiger partial charge in [0.2, 0.25) is 0 Å². The predicted molar refractivity (Wildman–Crippen MR) is 90.3 cm³/mol. The molecule has 0 spiro atoms. The molecule has 0 fully saturated rings. The van der Waals surface area contributed by atoms with Crippen LogP contribution in [0.2, 0.25) is 0 Å². The Labute approximate surface area is 131 Å². The van der Waals surface area contributed by atoms with E-state index in [0.29, 0.717) is 0 Å². The van der Waals surface area contributed by atoms with E-state index in [1.165, 1.54) is 19.4 Å². The van der Waals surface area contributed by atoms with E-state index < -0.39 is 0 Å². The van der Waals surface area contributed by atoms with Crippen molar-refractivity contribution in [2.75, 3.05) is 68.0 Å². The fraction of sp³-hybridized carbons (Fsp3) is 0.938. The summed E-state index contributed by atoms with van der Waals surface area (Å²) in [5, 5.41) is 5.87. The van der Waals surface area contributed by atoms with E-state index in [2.05, 4.69) is 52.8 Å². The first-order chi connectivity index (χ1) is 9.66. The predicted octanol–water partition coefficient (Wildman–Crippen LogP) is 1.65. The number of hydrogen-bond acceptors (Lipinski definition) is 1. The van der Waals surface area contributed by atoms with E-state index in [9.17, 15) is 4.79 Å². The number of carbonyl (C=O) groups is 1. The largest absolute Gasteiger partial charge is 0.338 e. The van der Waals surface area contributed by atoms with Crippen molar-refractivity contribution in [1.29, 1.82) is 0 Å². The van der Waals surface area contributed by atoms with Crippen molar-refractivity contribution in [2.45, 2.75) is 32.6 Å². The molecular weight excluding hydrogens is 264 g/mol. The summed E-state index contributed by atoms with van der Waals surface area (Å²) in [5.41, 5.74) is 0. The number of unbranched alkanes of at least 4 members (excludes halogenated alkanes) is 1. The van der Waals surface area contributed by atoms with Crippen LogP contribution in [0.3, 0.4) is 0 Å². The zero-order valence-corrected chi connectivity index (χ0v) is 15.2. The molecule has 0 saturated heterocycles. The summed E-state index contributed by atoms with van der Waals surface area (Å²) in [6.07, 6.45) is 4.56. The molecule has 0 aromatic heterocycles. The lowest BCUT2D eigenvalue weighted by Gasteiger charge is -2.29. The number of nitrogens with zero attached hydrogens (tertiary/aromatic N) is 2. The molecule has 5 nitrogen and oxygen atoms in total. The Morgan fingerprint density at radius 2 is 1.29 bits per heavy atom. The van der Waals surface area contributed by atoms with Crippen LogP contribution in [0.1, 0.15) is 32.6 Å². The Bertz CT molecular complexity index is 284. The van der Waals surface area contributed by atoms with Gasteiger partial charge in [0.1, 0.15) is 0 Å². The summed E-state index contributed by atoms with van der Waals surface area (Å²) in [6, 6.07) is -0.0322. The molecule has 2 amide bonds. The van der Waals surface area contributed by atoms with Crippen molar-refractivity contribution in [3.8, 4) is 0 Å². The van der Waals surface area contributed by atoms with Crippen molar-refractivity contribution in [1.82, 2.24) is 10.6 Å². The van der Waals surface area contributed by atoms with E-state index >= 15 is 0 Å². The van der Waals surface area contributed by atoms with E-state index in [1.54, 1.807) is 0 Å². The summed E-state index contributed by atoms with van der Waals surface area (Å²) in [5.74, 6) is 0. The van der Waals surface area contributed by atoms with Crippen LogP contribution < -0.4 is 10.6 Å². The number of rotatable bonds is 11. The van der Waals surface area contributed by atoms with Gasteiger partial charge in [-0.3, -0.25) is 0 Å². The summed E-state index contributed by atoms with van der Waals surface area (Å²) in [7, 11) is 11.0. The zero-order valence-electron chi connectivity index (χ0n) is 15.2. The molecule has 0 aliphatic carbocycles. The molecule has 0 aromatic rings. The van der Waals surface area contributed by atoms with E-state index in [4.69, 9.17) is 0 Å². The molecule has 21 heavy (non-hydrogen) atoms. The van der Waals surface area contributed by atoms with Crippen molar-refractivity contribution < 1.29 is 13.8 Å². The highest BCUT2D eigenvalue weighted by molar-refractivity contribution is 5.73. The van der Waals surface area contributed by atoms with Crippen molar-refractivity contribution >= 4 is 6.03 Å². The standard InChI is InChI=1S/C16H37N4O/c1-7-8-14-20(5,6)15-10-12-18-16(21)17-11-9-13-19(2,3)4/h7-15H2,1-6H3,(H-,17,18,21)/q+1/p+1. The fourth-order valence-electron chi connectivity index (χ4n) is 2.22. The molecule has 0 aromatic carbocycles. The first kappa shape index (κ1) is 20.2. The number of amides is 2. The van der Waals surface area contributed by atoms with Gasteiger partial charge in [-0.25, -0.2) is 4.79 Å². The Hall–Kier alpha value is -0.810. The lowest BCUT2D eigenvalue weighted by Crippen LogP contribution is -2.43. The second-order valence-electron chi connectivity index (χ2n) is 7.64. The first-order valence-corrected chi connectivity index (χ1v) is 8.30. The number of carbonyl (C=O) groups excluding carboxylic acids is 1. The van der Waals surface area contributed by atoms with Gasteiger partial charge in [0.25, 0.3) is 0 Å². The number of quaternary nitrogens is 2. The maximum atomic E-state index is 11.6. The third-order valence-corrected chi connectivity index (χ3v) is 3.63. The SMILES string of the molecule is CCCC[N+](C)(C)CCCNC(=O)NCCC[N+](C)(C)C. The lowest BCUT2D eigenvalue weighted by molar-refractivity contribution is -0.890. The van der Waals surface area contributed by atoms with Crippen LogP contribution in [0.15, 0.2) is 0 Å². The van der Waals surface area contributed by atoms with Gasteiger partial charge >= 0.3 is 6.03 Å². The highest BCUT2D eigenvalue weighted by Gasteiger charge is 2.13. The van der Waals surface area contributed by atoms with E-state index in [1.807, 2.05) is 0 Å².